The van der Waals surface area contributed by atoms with Crippen molar-refractivity contribution in [3.8, 4) is 0 Å². The lowest BCUT2D eigenvalue weighted by Crippen LogP contribution is -2.52. The van der Waals surface area contributed by atoms with Crippen LogP contribution in [0.25, 0.3) is 0 Å². The normalized spacial score (nSPS) is 25.1. The molecule has 0 spiro atoms. The van der Waals surface area contributed by atoms with Gasteiger partial charge in [0, 0.05) is 13.1 Å². The molecule has 0 aromatic rings. The SMILES string of the molecule is CCOC(=O)NC(=S)N1CC(C)OC(C)C1. The molecule has 1 N–H and O–H groups in total. The quantitative estimate of drug-likeness (QED) is 0.703. The second-order valence-electron chi connectivity index (χ2n) is 3.81. The van der Waals surface area contributed by atoms with Crippen LogP contribution in [0.3, 0.4) is 0 Å². The van der Waals surface area contributed by atoms with E-state index in [1.165, 1.54) is 0 Å². The molecule has 1 rings (SSSR count). The molecule has 2 atom stereocenters. The monoisotopic (exact) mass is 246 g/mol. The van der Waals surface area contributed by atoms with E-state index in [0.717, 1.165) is 0 Å². The molecule has 0 aromatic carbocycles. The molecule has 6 heteroatoms. The van der Waals surface area contributed by atoms with E-state index in [4.69, 9.17) is 21.7 Å². The van der Waals surface area contributed by atoms with Crippen LogP contribution in [0.15, 0.2) is 0 Å². The van der Waals surface area contributed by atoms with Crippen LogP contribution in [-0.4, -0.2) is 48.0 Å². The van der Waals surface area contributed by atoms with Crippen molar-refractivity contribution in [2.24, 2.45) is 0 Å². The Balaban J connectivity index is 2.44. The molecule has 0 aromatic heterocycles. The van der Waals surface area contributed by atoms with Crippen LogP contribution in [0.1, 0.15) is 20.8 Å². The van der Waals surface area contributed by atoms with Crippen LogP contribution in [0.5, 0.6) is 0 Å². The Hall–Kier alpha value is -0.880. The number of hydrogen-bond donors (Lipinski definition) is 1. The van der Waals surface area contributed by atoms with Crippen LogP contribution in [0.2, 0.25) is 0 Å². The lowest BCUT2D eigenvalue weighted by atomic mass is 10.2. The fourth-order valence-electron chi connectivity index (χ4n) is 1.68. The minimum Gasteiger partial charge on any atom is -0.450 e. The van der Waals surface area contributed by atoms with Crippen molar-refractivity contribution in [1.82, 2.24) is 10.2 Å². The largest absolute Gasteiger partial charge is 0.450 e. The average molecular weight is 246 g/mol. The highest BCUT2D eigenvalue weighted by Gasteiger charge is 2.24. The van der Waals surface area contributed by atoms with Crippen molar-refractivity contribution < 1.29 is 14.3 Å². The summed E-state index contributed by atoms with van der Waals surface area (Å²) in [6, 6.07) is 0. The van der Waals surface area contributed by atoms with Gasteiger partial charge in [-0.1, -0.05) is 0 Å². The first-order valence-electron chi connectivity index (χ1n) is 5.41. The number of carbonyl (C=O) groups is 1. The van der Waals surface area contributed by atoms with Gasteiger partial charge in [0.1, 0.15) is 0 Å². The molecule has 16 heavy (non-hydrogen) atoms. The van der Waals surface area contributed by atoms with Crippen molar-refractivity contribution in [2.75, 3.05) is 19.7 Å². The van der Waals surface area contributed by atoms with E-state index in [9.17, 15) is 4.79 Å². The maximum atomic E-state index is 11.2. The summed E-state index contributed by atoms with van der Waals surface area (Å²) in [5.74, 6) is 0. The standard InChI is InChI=1S/C10H18N2O3S/c1-4-14-10(13)11-9(16)12-5-7(2)15-8(3)6-12/h7-8H,4-6H2,1-3H3,(H,11,13,16). The van der Waals surface area contributed by atoms with Crippen molar-refractivity contribution in [3.63, 3.8) is 0 Å². The molecule has 0 radical (unpaired) electrons. The van der Waals surface area contributed by atoms with Crippen molar-refractivity contribution in [3.05, 3.63) is 0 Å². The molecule has 1 saturated heterocycles. The predicted octanol–water partition coefficient (Wildman–Crippen LogP) is 1.13. The van der Waals surface area contributed by atoms with E-state index in [1.807, 2.05) is 18.7 Å². The van der Waals surface area contributed by atoms with E-state index in [-0.39, 0.29) is 12.2 Å². The molecule has 2 unspecified atom stereocenters. The highest BCUT2D eigenvalue weighted by Crippen LogP contribution is 2.10. The summed E-state index contributed by atoms with van der Waals surface area (Å²) in [4.78, 5) is 13.1. The van der Waals surface area contributed by atoms with E-state index >= 15 is 0 Å². The molecule has 1 aliphatic heterocycles. The zero-order valence-corrected chi connectivity index (χ0v) is 10.7. The fraction of sp³-hybridized carbons (Fsp3) is 0.800. The van der Waals surface area contributed by atoms with Gasteiger partial charge in [0.15, 0.2) is 5.11 Å². The zero-order chi connectivity index (χ0) is 12.1. The van der Waals surface area contributed by atoms with E-state index < -0.39 is 6.09 Å². The second-order valence-corrected chi connectivity index (χ2v) is 4.20. The molecular weight excluding hydrogens is 228 g/mol. The maximum absolute atomic E-state index is 11.2. The Morgan fingerprint density at radius 1 is 1.50 bits per heavy atom. The molecule has 92 valence electrons. The summed E-state index contributed by atoms with van der Waals surface area (Å²) >= 11 is 5.13. The van der Waals surface area contributed by atoms with Crippen LogP contribution in [-0.2, 0) is 9.47 Å². The Morgan fingerprint density at radius 3 is 2.56 bits per heavy atom. The van der Waals surface area contributed by atoms with Gasteiger partial charge in [-0.25, -0.2) is 4.79 Å². The van der Waals surface area contributed by atoms with Gasteiger partial charge >= 0.3 is 6.09 Å². The number of amides is 1. The van der Waals surface area contributed by atoms with Crippen LogP contribution < -0.4 is 5.32 Å². The summed E-state index contributed by atoms with van der Waals surface area (Å²) in [5, 5.41) is 2.94. The topological polar surface area (TPSA) is 50.8 Å². The first kappa shape index (κ1) is 13.2. The van der Waals surface area contributed by atoms with Gasteiger partial charge in [-0.15, -0.1) is 0 Å². The summed E-state index contributed by atoms with van der Waals surface area (Å²) in [6.07, 6.45) is -0.268. The smallest absolute Gasteiger partial charge is 0.413 e. The third-order valence-electron chi connectivity index (χ3n) is 2.19. The Bertz CT molecular complexity index is 263. The first-order chi connectivity index (χ1) is 7.52. The lowest BCUT2D eigenvalue weighted by molar-refractivity contribution is -0.0481. The first-order valence-corrected chi connectivity index (χ1v) is 5.82. The number of carbonyl (C=O) groups excluding carboxylic acids is 1. The Labute approximate surface area is 101 Å². The van der Waals surface area contributed by atoms with Gasteiger partial charge in [0.2, 0.25) is 0 Å². The van der Waals surface area contributed by atoms with Crippen LogP contribution >= 0.6 is 12.2 Å². The van der Waals surface area contributed by atoms with E-state index in [0.29, 0.717) is 24.8 Å². The number of ether oxygens (including phenoxy) is 2. The molecule has 1 fully saturated rings. The molecule has 0 aliphatic carbocycles. The molecule has 0 saturated carbocycles. The number of morpholine rings is 1. The highest BCUT2D eigenvalue weighted by molar-refractivity contribution is 7.80. The van der Waals surface area contributed by atoms with E-state index in [1.54, 1.807) is 6.92 Å². The maximum Gasteiger partial charge on any atom is 0.413 e. The number of thiocarbonyl (C=S) groups is 1. The lowest BCUT2D eigenvalue weighted by Gasteiger charge is -2.36. The Morgan fingerprint density at radius 2 is 2.06 bits per heavy atom. The average Bonchev–Trinajstić information content (AvgIpc) is 2.16. The van der Waals surface area contributed by atoms with Gasteiger partial charge in [0.05, 0.1) is 18.8 Å². The number of rotatable bonds is 1. The van der Waals surface area contributed by atoms with Crippen LogP contribution in [0, 0.1) is 0 Å². The van der Waals surface area contributed by atoms with Gasteiger partial charge in [-0.05, 0) is 33.0 Å². The Kier molecular flexibility index (Phi) is 4.95. The molecule has 0 bridgehead atoms. The molecular formula is C10H18N2O3S. The van der Waals surface area contributed by atoms with Crippen molar-refractivity contribution in [2.45, 2.75) is 33.0 Å². The minimum absolute atomic E-state index is 0.116. The van der Waals surface area contributed by atoms with Gasteiger partial charge in [-0.2, -0.15) is 0 Å². The summed E-state index contributed by atoms with van der Waals surface area (Å²) in [6.45, 7) is 7.43. The number of nitrogens with one attached hydrogen (secondary N) is 1. The summed E-state index contributed by atoms with van der Waals surface area (Å²) in [7, 11) is 0. The number of hydrogen-bond acceptors (Lipinski definition) is 4. The third kappa shape index (κ3) is 3.94. The van der Waals surface area contributed by atoms with E-state index in [2.05, 4.69) is 5.32 Å². The highest BCUT2D eigenvalue weighted by atomic mass is 32.1. The summed E-state index contributed by atoms with van der Waals surface area (Å²) < 4.78 is 10.3. The number of alkyl carbamates (subject to hydrolysis) is 1. The zero-order valence-electron chi connectivity index (χ0n) is 9.86. The molecule has 1 amide bonds. The van der Waals surface area contributed by atoms with Crippen LogP contribution in [0.4, 0.5) is 4.79 Å². The van der Waals surface area contributed by atoms with Gasteiger partial charge in [-0.3, -0.25) is 5.32 Å². The summed E-state index contributed by atoms with van der Waals surface area (Å²) in [5.41, 5.74) is 0. The molecule has 5 nitrogen and oxygen atoms in total. The third-order valence-corrected chi connectivity index (χ3v) is 2.55. The molecule has 1 heterocycles. The van der Waals surface area contributed by atoms with Gasteiger partial charge in [0.25, 0.3) is 0 Å². The minimum atomic E-state index is -0.501. The predicted molar refractivity (Wildman–Crippen MR) is 64.3 cm³/mol. The van der Waals surface area contributed by atoms with Gasteiger partial charge < -0.3 is 14.4 Å². The van der Waals surface area contributed by atoms with Crippen molar-refractivity contribution in [1.29, 1.82) is 0 Å². The van der Waals surface area contributed by atoms with Crippen molar-refractivity contribution >= 4 is 23.4 Å². The molecule has 1 aliphatic rings. The second kappa shape index (κ2) is 6.00. The fourth-order valence-corrected chi connectivity index (χ4v) is 1.91. The number of nitrogens with zero attached hydrogens (tertiary/aromatic N) is 1.